The zero-order valence-corrected chi connectivity index (χ0v) is 12.7. The van der Waals surface area contributed by atoms with E-state index >= 15 is 0 Å². The van der Waals surface area contributed by atoms with Gasteiger partial charge in [0.05, 0.1) is 0 Å². The monoisotopic (exact) mass is 291 g/mol. The number of aromatic nitrogens is 1. The average Bonchev–Trinajstić information content (AvgIpc) is 2.74. The van der Waals surface area contributed by atoms with E-state index in [9.17, 15) is 4.79 Å². The van der Waals surface area contributed by atoms with Crippen LogP contribution < -0.4 is 4.90 Å². The Morgan fingerprint density at radius 2 is 2.05 bits per heavy atom. The Labute approximate surface area is 125 Å². The van der Waals surface area contributed by atoms with Gasteiger partial charge in [-0.25, -0.2) is 9.88 Å². The summed E-state index contributed by atoms with van der Waals surface area (Å²) < 4.78 is 0. The van der Waals surface area contributed by atoms with E-state index in [4.69, 9.17) is 12.2 Å². The van der Waals surface area contributed by atoms with E-state index < -0.39 is 0 Å². The quantitative estimate of drug-likeness (QED) is 0.571. The third kappa shape index (κ3) is 3.54. The van der Waals surface area contributed by atoms with E-state index in [1.54, 1.807) is 11.1 Å². The standard InChI is InChI=1S/C15H21N3OS/c1-2-3-4-5-8-11-17-12-14(19)18(15(17)20)13-9-6-7-10-16-13/h6-7,9-10H,2-5,8,11-12H2,1H3. The van der Waals surface area contributed by atoms with Crippen LogP contribution in [0.4, 0.5) is 5.82 Å². The van der Waals surface area contributed by atoms with E-state index in [0.29, 0.717) is 17.5 Å². The first-order valence-electron chi connectivity index (χ1n) is 7.27. The molecule has 0 radical (unpaired) electrons. The zero-order valence-electron chi connectivity index (χ0n) is 11.9. The fraction of sp³-hybridized carbons (Fsp3) is 0.533. The molecular weight excluding hydrogens is 270 g/mol. The van der Waals surface area contributed by atoms with Gasteiger partial charge in [0.1, 0.15) is 12.4 Å². The molecule has 1 aliphatic heterocycles. The Morgan fingerprint density at radius 3 is 2.75 bits per heavy atom. The van der Waals surface area contributed by atoms with Gasteiger partial charge in [0.15, 0.2) is 5.11 Å². The molecular formula is C15H21N3OS. The molecule has 5 heteroatoms. The van der Waals surface area contributed by atoms with Gasteiger partial charge >= 0.3 is 0 Å². The first kappa shape index (κ1) is 14.9. The highest BCUT2D eigenvalue weighted by atomic mass is 32.1. The van der Waals surface area contributed by atoms with Crippen LogP contribution in [0.5, 0.6) is 0 Å². The van der Waals surface area contributed by atoms with Crippen molar-refractivity contribution in [2.45, 2.75) is 39.0 Å². The summed E-state index contributed by atoms with van der Waals surface area (Å²) in [6, 6.07) is 5.51. The van der Waals surface area contributed by atoms with Gasteiger partial charge in [-0.05, 0) is 30.8 Å². The zero-order chi connectivity index (χ0) is 14.4. The maximum atomic E-state index is 12.1. The van der Waals surface area contributed by atoms with E-state index in [-0.39, 0.29) is 5.91 Å². The molecule has 20 heavy (non-hydrogen) atoms. The molecule has 0 unspecified atom stereocenters. The average molecular weight is 291 g/mol. The number of amides is 1. The van der Waals surface area contributed by atoms with Crippen LogP contribution >= 0.6 is 12.2 Å². The van der Waals surface area contributed by atoms with Gasteiger partial charge in [-0.1, -0.05) is 38.7 Å². The normalized spacial score (nSPS) is 15.2. The summed E-state index contributed by atoms with van der Waals surface area (Å²) in [7, 11) is 0. The minimum absolute atomic E-state index is 0.0160. The Kier molecular flexibility index (Phi) is 5.47. The smallest absolute Gasteiger partial charge is 0.254 e. The maximum Gasteiger partial charge on any atom is 0.254 e. The van der Waals surface area contributed by atoms with E-state index in [2.05, 4.69) is 11.9 Å². The minimum atomic E-state index is 0.0160. The summed E-state index contributed by atoms with van der Waals surface area (Å²) in [6.45, 7) is 3.44. The van der Waals surface area contributed by atoms with Crippen LogP contribution in [-0.2, 0) is 4.79 Å². The predicted molar refractivity (Wildman–Crippen MR) is 84.7 cm³/mol. The van der Waals surface area contributed by atoms with E-state index in [0.717, 1.165) is 13.0 Å². The molecule has 0 aliphatic carbocycles. The number of anilines is 1. The van der Waals surface area contributed by atoms with Crippen LogP contribution in [0.15, 0.2) is 24.4 Å². The number of rotatable bonds is 7. The van der Waals surface area contributed by atoms with Crippen LogP contribution in [0.1, 0.15) is 39.0 Å². The number of pyridine rings is 1. The van der Waals surface area contributed by atoms with Gasteiger partial charge in [0.2, 0.25) is 0 Å². The first-order chi connectivity index (χ1) is 9.74. The predicted octanol–water partition coefficient (Wildman–Crippen LogP) is 2.99. The van der Waals surface area contributed by atoms with Crippen molar-refractivity contribution in [3.05, 3.63) is 24.4 Å². The molecule has 0 bridgehead atoms. The first-order valence-corrected chi connectivity index (χ1v) is 7.67. The number of hydrogen-bond acceptors (Lipinski definition) is 3. The molecule has 0 aromatic carbocycles. The summed E-state index contributed by atoms with van der Waals surface area (Å²) in [5, 5.41) is 0.587. The fourth-order valence-corrected chi connectivity index (χ4v) is 2.69. The summed E-state index contributed by atoms with van der Waals surface area (Å²) in [4.78, 5) is 19.8. The topological polar surface area (TPSA) is 36.4 Å². The van der Waals surface area contributed by atoms with Crippen molar-refractivity contribution in [2.75, 3.05) is 18.0 Å². The Balaban J connectivity index is 1.89. The number of hydrogen-bond donors (Lipinski definition) is 0. The molecule has 1 fully saturated rings. The second kappa shape index (κ2) is 7.33. The molecule has 2 heterocycles. The highest BCUT2D eigenvalue weighted by Crippen LogP contribution is 2.19. The Hall–Kier alpha value is -1.49. The second-order valence-corrected chi connectivity index (χ2v) is 5.40. The molecule has 2 rings (SSSR count). The molecule has 0 N–H and O–H groups in total. The van der Waals surface area contributed by atoms with Gasteiger partial charge < -0.3 is 4.90 Å². The molecule has 4 nitrogen and oxygen atoms in total. The van der Waals surface area contributed by atoms with Crippen molar-refractivity contribution >= 4 is 29.1 Å². The van der Waals surface area contributed by atoms with Gasteiger partial charge in [0.25, 0.3) is 5.91 Å². The SMILES string of the molecule is CCCCCCCN1CC(=O)N(c2ccccn2)C1=S. The third-order valence-electron chi connectivity index (χ3n) is 3.45. The summed E-state index contributed by atoms with van der Waals surface area (Å²) in [5.41, 5.74) is 0. The number of carbonyl (C=O) groups is 1. The Morgan fingerprint density at radius 1 is 1.25 bits per heavy atom. The molecule has 1 aromatic heterocycles. The lowest BCUT2D eigenvalue weighted by atomic mass is 10.1. The lowest BCUT2D eigenvalue weighted by molar-refractivity contribution is -0.116. The molecule has 108 valence electrons. The maximum absolute atomic E-state index is 12.1. The van der Waals surface area contributed by atoms with Crippen LogP contribution in [0.25, 0.3) is 0 Å². The summed E-state index contributed by atoms with van der Waals surface area (Å²) in [6.07, 6.45) is 7.75. The minimum Gasteiger partial charge on any atom is -0.339 e. The lowest BCUT2D eigenvalue weighted by Gasteiger charge is -2.19. The number of unbranched alkanes of at least 4 members (excludes halogenated alkanes) is 4. The molecule has 1 aliphatic rings. The van der Waals surface area contributed by atoms with Gasteiger partial charge in [-0.15, -0.1) is 0 Å². The van der Waals surface area contributed by atoms with Gasteiger partial charge in [0, 0.05) is 12.7 Å². The van der Waals surface area contributed by atoms with Crippen LogP contribution in [0.2, 0.25) is 0 Å². The molecule has 1 amide bonds. The number of nitrogens with zero attached hydrogens (tertiary/aromatic N) is 3. The van der Waals surface area contributed by atoms with Gasteiger partial charge in [-0.3, -0.25) is 4.79 Å². The Bertz CT molecular complexity index is 463. The fourth-order valence-electron chi connectivity index (χ4n) is 2.34. The van der Waals surface area contributed by atoms with Crippen molar-refractivity contribution in [3.8, 4) is 0 Å². The van der Waals surface area contributed by atoms with Crippen LogP contribution in [-0.4, -0.2) is 34.0 Å². The van der Waals surface area contributed by atoms with Crippen molar-refractivity contribution in [1.82, 2.24) is 9.88 Å². The van der Waals surface area contributed by atoms with Crippen molar-refractivity contribution in [2.24, 2.45) is 0 Å². The van der Waals surface area contributed by atoms with Crippen molar-refractivity contribution in [3.63, 3.8) is 0 Å². The molecule has 1 aromatic rings. The summed E-state index contributed by atoms with van der Waals surface area (Å²) >= 11 is 5.41. The second-order valence-electron chi connectivity index (χ2n) is 5.04. The highest BCUT2D eigenvalue weighted by Gasteiger charge is 2.33. The molecule has 0 saturated carbocycles. The van der Waals surface area contributed by atoms with E-state index in [1.807, 2.05) is 23.1 Å². The van der Waals surface area contributed by atoms with Crippen molar-refractivity contribution in [1.29, 1.82) is 0 Å². The molecule has 1 saturated heterocycles. The lowest BCUT2D eigenvalue weighted by Crippen LogP contribution is -2.33. The van der Waals surface area contributed by atoms with Crippen LogP contribution in [0.3, 0.4) is 0 Å². The third-order valence-corrected chi connectivity index (χ3v) is 3.89. The highest BCUT2D eigenvalue weighted by molar-refractivity contribution is 7.80. The largest absolute Gasteiger partial charge is 0.339 e. The molecule has 0 atom stereocenters. The van der Waals surface area contributed by atoms with Crippen molar-refractivity contribution < 1.29 is 4.79 Å². The summed E-state index contributed by atoms with van der Waals surface area (Å²) in [5.74, 6) is 0.637. The van der Waals surface area contributed by atoms with Crippen LogP contribution in [0, 0.1) is 0 Å². The van der Waals surface area contributed by atoms with Gasteiger partial charge in [-0.2, -0.15) is 0 Å². The number of thiocarbonyl (C=S) groups is 1. The number of carbonyl (C=O) groups excluding carboxylic acids is 1. The molecule has 0 spiro atoms. The van der Waals surface area contributed by atoms with E-state index in [1.165, 1.54) is 25.7 Å².